The molecule has 116 valence electrons. The van der Waals surface area contributed by atoms with Gasteiger partial charge >= 0.3 is 0 Å². The summed E-state index contributed by atoms with van der Waals surface area (Å²) < 4.78 is 1.62. The van der Waals surface area contributed by atoms with Crippen LogP contribution in [0.2, 0.25) is 0 Å². The SMILES string of the molecule is Cn1nnnc1SCCC(=O)N1CCC[C@H]1c1ccccc1. The van der Waals surface area contributed by atoms with Crippen LogP contribution in [0.5, 0.6) is 0 Å². The lowest BCUT2D eigenvalue weighted by atomic mass is 10.0. The van der Waals surface area contributed by atoms with Crippen LogP contribution in [0, 0.1) is 0 Å². The molecule has 1 aromatic carbocycles. The Kier molecular flexibility index (Phi) is 4.72. The summed E-state index contributed by atoms with van der Waals surface area (Å²) in [5, 5.41) is 12.0. The third-order valence-electron chi connectivity index (χ3n) is 3.89. The molecule has 0 radical (unpaired) electrons. The standard InChI is InChI=1S/C15H19N5OS/c1-19-15(16-17-18-19)22-11-9-14(21)20-10-5-8-13(20)12-6-3-2-4-7-12/h2-4,6-7,13H,5,8-11H2,1H3/t13-/m0/s1. The largest absolute Gasteiger partial charge is 0.336 e. The van der Waals surface area contributed by atoms with Crippen molar-refractivity contribution < 1.29 is 4.79 Å². The van der Waals surface area contributed by atoms with Crippen LogP contribution in [0.25, 0.3) is 0 Å². The minimum atomic E-state index is 0.217. The summed E-state index contributed by atoms with van der Waals surface area (Å²) in [7, 11) is 1.80. The lowest BCUT2D eigenvalue weighted by Crippen LogP contribution is -2.30. The molecule has 1 aliphatic rings. The second-order valence-corrected chi connectivity index (χ2v) is 6.40. The molecular weight excluding hydrogens is 298 g/mol. The average molecular weight is 317 g/mol. The Morgan fingerprint density at radius 3 is 2.91 bits per heavy atom. The Labute approximate surface area is 133 Å². The van der Waals surface area contributed by atoms with Gasteiger partial charge in [0.25, 0.3) is 0 Å². The van der Waals surface area contributed by atoms with Crippen molar-refractivity contribution in [3.05, 3.63) is 35.9 Å². The highest BCUT2D eigenvalue weighted by atomic mass is 32.2. The molecule has 22 heavy (non-hydrogen) atoms. The molecule has 0 bridgehead atoms. The van der Waals surface area contributed by atoms with E-state index in [2.05, 4.69) is 27.7 Å². The Morgan fingerprint density at radius 1 is 1.36 bits per heavy atom. The van der Waals surface area contributed by atoms with Crippen molar-refractivity contribution in [2.75, 3.05) is 12.3 Å². The molecule has 7 heteroatoms. The summed E-state index contributed by atoms with van der Waals surface area (Å²) in [5.41, 5.74) is 1.23. The number of tetrazole rings is 1. The molecule has 1 saturated heterocycles. The van der Waals surface area contributed by atoms with Gasteiger partial charge in [0.05, 0.1) is 6.04 Å². The van der Waals surface area contributed by atoms with Crippen molar-refractivity contribution in [2.45, 2.75) is 30.5 Å². The zero-order valence-corrected chi connectivity index (χ0v) is 13.4. The van der Waals surface area contributed by atoms with Gasteiger partial charge in [-0.3, -0.25) is 4.79 Å². The number of likely N-dealkylation sites (tertiary alicyclic amines) is 1. The van der Waals surface area contributed by atoms with Crippen molar-refractivity contribution in [3.8, 4) is 0 Å². The number of hydrogen-bond acceptors (Lipinski definition) is 5. The van der Waals surface area contributed by atoms with Crippen LogP contribution >= 0.6 is 11.8 Å². The molecule has 1 fully saturated rings. The van der Waals surface area contributed by atoms with Gasteiger partial charge in [0.1, 0.15) is 0 Å². The van der Waals surface area contributed by atoms with E-state index >= 15 is 0 Å². The van der Waals surface area contributed by atoms with E-state index in [1.807, 2.05) is 23.1 Å². The van der Waals surface area contributed by atoms with Crippen LogP contribution in [-0.2, 0) is 11.8 Å². The van der Waals surface area contributed by atoms with Gasteiger partial charge in [-0.05, 0) is 28.8 Å². The molecule has 6 nitrogen and oxygen atoms in total. The zero-order valence-electron chi connectivity index (χ0n) is 12.6. The van der Waals surface area contributed by atoms with E-state index in [-0.39, 0.29) is 11.9 Å². The number of carbonyl (C=O) groups is 1. The van der Waals surface area contributed by atoms with Crippen molar-refractivity contribution in [1.29, 1.82) is 0 Å². The van der Waals surface area contributed by atoms with Gasteiger partial charge in [0, 0.05) is 25.8 Å². The van der Waals surface area contributed by atoms with Gasteiger partial charge < -0.3 is 4.90 Å². The normalized spacial score (nSPS) is 17.9. The smallest absolute Gasteiger partial charge is 0.223 e. The first-order chi connectivity index (χ1) is 10.8. The highest BCUT2D eigenvalue weighted by Crippen LogP contribution is 2.32. The minimum Gasteiger partial charge on any atom is -0.336 e. The number of hydrogen-bond donors (Lipinski definition) is 0. The molecule has 3 rings (SSSR count). The Balaban J connectivity index is 1.56. The van der Waals surface area contributed by atoms with E-state index < -0.39 is 0 Å². The van der Waals surface area contributed by atoms with Crippen LogP contribution in [0.1, 0.15) is 30.9 Å². The Morgan fingerprint density at radius 2 is 2.18 bits per heavy atom. The first kappa shape index (κ1) is 15.0. The van der Waals surface area contributed by atoms with Crippen molar-refractivity contribution in [2.24, 2.45) is 7.05 Å². The molecule has 0 unspecified atom stereocenters. The van der Waals surface area contributed by atoms with Crippen molar-refractivity contribution >= 4 is 17.7 Å². The summed E-state index contributed by atoms with van der Waals surface area (Å²) >= 11 is 1.52. The monoisotopic (exact) mass is 317 g/mol. The van der Waals surface area contributed by atoms with Gasteiger partial charge in [-0.2, -0.15) is 0 Å². The summed E-state index contributed by atoms with van der Waals surface area (Å²) in [6.07, 6.45) is 2.64. The van der Waals surface area contributed by atoms with E-state index in [1.165, 1.54) is 17.3 Å². The molecular formula is C15H19N5OS. The molecule has 0 spiro atoms. The summed E-state index contributed by atoms with van der Waals surface area (Å²) in [5.74, 6) is 0.916. The quantitative estimate of drug-likeness (QED) is 0.790. The number of aromatic nitrogens is 4. The van der Waals surface area contributed by atoms with Gasteiger partial charge in [-0.25, -0.2) is 4.68 Å². The number of thioether (sulfide) groups is 1. The fraction of sp³-hybridized carbons (Fsp3) is 0.467. The Hall–Kier alpha value is -1.89. The molecule has 0 N–H and O–H groups in total. The fourth-order valence-corrected chi connectivity index (χ4v) is 3.58. The molecule has 0 aliphatic carbocycles. The second-order valence-electron chi connectivity index (χ2n) is 5.34. The van der Waals surface area contributed by atoms with Gasteiger partial charge in [-0.1, -0.05) is 42.1 Å². The zero-order chi connectivity index (χ0) is 15.4. The number of carbonyl (C=O) groups excluding carboxylic acids is 1. The molecule has 1 amide bonds. The number of benzene rings is 1. The highest BCUT2D eigenvalue weighted by Gasteiger charge is 2.29. The van der Waals surface area contributed by atoms with E-state index in [0.717, 1.165) is 24.5 Å². The third-order valence-corrected chi connectivity index (χ3v) is 4.90. The van der Waals surface area contributed by atoms with Gasteiger partial charge in [-0.15, -0.1) is 5.10 Å². The highest BCUT2D eigenvalue weighted by molar-refractivity contribution is 7.99. The molecule has 0 saturated carbocycles. The lowest BCUT2D eigenvalue weighted by molar-refractivity contribution is -0.131. The van der Waals surface area contributed by atoms with E-state index in [4.69, 9.17) is 0 Å². The van der Waals surface area contributed by atoms with E-state index in [0.29, 0.717) is 12.2 Å². The van der Waals surface area contributed by atoms with E-state index in [1.54, 1.807) is 11.7 Å². The number of aryl methyl sites for hydroxylation is 1. The molecule has 1 aliphatic heterocycles. The molecule has 2 aromatic rings. The summed E-state index contributed by atoms with van der Waals surface area (Å²) in [6, 6.07) is 10.5. The maximum atomic E-state index is 12.5. The second kappa shape index (κ2) is 6.91. The Bertz CT molecular complexity index is 630. The van der Waals surface area contributed by atoms with Gasteiger partial charge in [0.2, 0.25) is 11.1 Å². The summed E-state index contributed by atoms with van der Waals surface area (Å²) in [4.78, 5) is 14.5. The first-order valence-electron chi connectivity index (χ1n) is 7.45. The minimum absolute atomic E-state index is 0.217. The molecule has 1 atom stereocenters. The van der Waals surface area contributed by atoms with Crippen molar-refractivity contribution in [3.63, 3.8) is 0 Å². The van der Waals surface area contributed by atoms with Crippen LogP contribution < -0.4 is 0 Å². The van der Waals surface area contributed by atoms with E-state index in [9.17, 15) is 4.79 Å². The van der Waals surface area contributed by atoms with Crippen LogP contribution in [-0.4, -0.2) is 43.3 Å². The molecule has 2 heterocycles. The first-order valence-corrected chi connectivity index (χ1v) is 8.44. The topological polar surface area (TPSA) is 63.9 Å². The lowest BCUT2D eigenvalue weighted by Gasteiger charge is -2.25. The van der Waals surface area contributed by atoms with Crippen LogP contribution in [0.15, 0.2) is 35.5 Å². The van der Waals surface area contributed by atoms with Crippen LogP contribution in [0.4, 0.5) is 0 Å². The number of rotatable bonds is 5. The number of nitrogens with zero attached hydrogens (tertiary/aromatic N) is 5. The predicted octanol–water partition coefficient (Wildman–Crippen LogP) is 2.06. The van der Waals surface area contributed by atoms with Gasteiger partial charge in [0.15, 0.2) is 0 Å². The third kappa shape index (κ3) is 3.30. The fourth-order valence-electron chi connectivity index (χ4n) is 2.80. The maximum absolute atomic E-state index is 12.5. The average Bonchev–Trinajstić information content (AvgIpc) is 3.17. The van der Waals surface area contributed by atoms with Crippen LogP contribution in [0.3, 0.4) is 0 Å². The number of amides is 1. The maximum Gasteiger partial charge on any atom is 0.223 e. The molecule has 1 aromatic heterocycles. The predicted molar refractivity (Wildman–Crippen MR) is 84.3 cm³/mol. The summed E-state index contributed by atoms with van der Waals surface area (Å²) in [6.45, 7) is 0.856. The van der Waals surface area contributed by atoms with Crippen molar-refractivity contribution in [1.82, 2.24) is 25.1 Å².